The van der Waals surface area contributed by atoms with Crippen LogP contribution in [-0.4, -0.2) is 35.5 Å². The summed E-state index contributed by atoms with van der Waals surface area (Å²) in [5.74, 6) is 0.736. The number of carbonyl (C=O) groups is 1. The van der Waals surface area contributed by atoms with Crippen molar-refractivity contribution in [2.75, 3.05) is 19.8 Å². The van der Waals surface area contributed by atoms with Crippen molar-refractivity contribution in [2.45, 2.75) is 19.9 Å². The Hall–Kier alpha value is -2.69. The van der Waals surface area contributed by atoms with Crippen LogP contribution in [0.2, 0.25) is 5.02 Å². The Kier molecular flexibility index (Phi) is 5.89. The second-order valence-electron chi connectivity index (χ2n) is 6.96. The van der Waals surface area contributed by atoms with Crippen molar-refractivity contribution in [3.05, 3.63) is 56.6 Å². The molecule has 154 valence electrons. The van der Waals surface area contributed by atoms with Crippen LogP contribution in [0.5, 0.6) is 11.5 Å². The van der Waals surface area contributed by atoms with E-state index in [0.29, 0.717) is 46.3 Å². The normalized spacial score (nSPS) is 13.1. The minimum atomic E-state index is -0.122. The summed E-state index contributed by atoms with van der Waals surface area (Å²) < 4.78 is 12.0. The molecule has 1 aliphatic heterocycles. The summed E-state index contributed by atoms with van der Waals surface area (Å²) in [5, 5.41) is 10.9. The van der Waals surface area contributed by atoms with Gasteiger partial charge in [-0.2, -0.15) is 5.26 Å². The van der Waals surface area contributed by atoms with Gasteiger partial charge < -0.3 is 19.4 Å². The van der Waals surface area contributed by atoms with Gasteiger partial charge in [-0.05, 0) is 47.1 Å². The van der Waals surface area contributed by atoms with Gasteiger partial charge >= 0.3 is 0 Å². The number of rotatable bonds is 5. The molecule has 0 spiro atoms. The number of aromatic nitrogens is 1. The molecule has 2 heterocycles. The Morgan fingerprint density at radius 1 is 1.33 bits per heavy atom. The highest BCUT2D eigenvalue weighted by Gasteiger charge is 2.25. The molecule has 0 unspecified atom stereocenters. The standard InChI is InChI=1S/C22H19BrClN3O3/c1-2-29-20-8-13(10-25)7-17(23)22(20)30-12-21(28)27-6-5-19-16(11-27)15-9-14(24)3-4-18(15)26-19/h3-4,7-9,26H,2,5-6,11-12H2,1H3. The van der Waals surface area contributed by atoms with Crippen LogP contribution < -0.4 is 9.47 Å². The van der Waals surface area contributed by atoms with E-state index in [4.69, 9.17) is 26.3 Å². The van der Waals surface area contributed by atoms with Crippen LogP contribution in [0.1, 0.15) is 23.7 Å². The SMILES string of the molecule is CCOc1cc(C#N)cc(Br)c1OCC(=O)N1CCc2[nH]c3ccc(Cl)cc3c2C1. The molecule has 3 aromatic rings. The zero-order chi connectivity index (χ0) is 21.3. The first-order valence-corrected chi connectivity index (χ1v) is 10.7. The topological polar surface area (TPSA) is 78.3 Å². The molecule has 6 nitrogen and oxygen atoms in total. The van der Waals surface area contributed by atoms with E-state index in [1.807, 2.05) is 25.1 Å². The van der Waals surface area contributed by atoms with Gasteiger partial charge in [0.1, 0.15) is 0 Å². The summed E-state index contributed by atoms with van der Waals surface area (Å²) in [5.41, 5.74) is 3.72. The molecule has 0 aliphatic carbocycles. The molecule has 1 amide bonds. The predicted octanol–water partition coefficient (Wildman–Crippen LogP) is 4.82. The number of fused-ring (bicyclic) bond motifs is 3. The molecule has 0 saturated heterocycles. The second-order valence-corrected chi connectivity index (χ2v) is 8.25. The van der Waals surface area contributed by atoms with E-state index in [0.717, 1.165) is 28.6 Å². The third-order valence-electron chi connectivity index (χ3n) is 5.07. The smallest absolute Gasteiger partial charge is 0.260 e. The van der Waals surface area contributed by atoms with Crippen LogP contribution in [0.3, 0.4) is 0 Å². The summed E-state index contributed by atoms with van der Waals surface area (Å²) in [4.78, 5) is 18.1. The molecule has 2 aromatic carbocycles. The predicted molar refractivity (Wildman–Crippen MR) is 118 cm³/mol. The Morgan fingerprint density at radius 3 is 2.93 bits per heavy atom. The number of nitrogens with zero attached hydrogens (tertiary/aromatic N) is 2. The van der Waals surface area contributed by atoms with Gasteiger partial charge in [0.25, 0.3) is 5.91 Å². The van der Waals surface area contributed by atoms with E-state index >= 15 is 0 Å². The molecule has 8 heteroatoms. The molecule has 30 heavy (non-hydrogen) atoms. The first-order chi connectivity index (χ1) is 14.5. The van der Waals surface area contributed by atoms with E-state index in [1.165, 1.54) is 0 Å². The summed E-state index contributed by atoms with van der Waals surface area (Å²) >= 11 is 9.57. The van der Waals surface area contributed by atoms with Crippen molar-refractivity contribution in [1.82, 2.24) is 9.88 Å². The summed E-state index contributed by atoms with van der Waals surface area (Å²) in [6, 6.07) is 11.1. The number of ether oxygens (including phenoxy) is 2. The van der Waals surface area contributed by atoms with Crippen molar-refractivity contribution in [3.63, 3.8) is 0 Å². The number of carbonyl (C=O) groups excluding carboxylic acids is 1. The molecule has 4 rings (SSSR count). The average Bonchev–Trinajstić information content (AvgIpc) is 3.10. The average molecular weight is 489 g/mol. The van der Waals surface area contributed by atoms with Crippen LogP contribution in [0, 0.1) is 11.3 Å². The zero-order valence-electron chi connectivity index (χ0n) is 16.3. The number of aromatic amines is 1. The van der Waals surface area contributed by atoms with Crippen molar-refractivity contribution < 1.29 is 14.3 Å². The van der Waals surface area contributed by atoms with E-state index in [2.05, 4.69) is 27.0 Å². The number of amides is 1. The number of nitriles is 1. The van der Waals surface area contributed by atoms with Gasteiger partial charge in [-0.1, -0.05) is 11.6 Å². The molecule has 0 radical (unpaired) electrons. The number of H-pyrrole nitrogens is 1. The summed E-state index contributed by atoms with van der Waals surface area (Å²) in [6.45, 7) is 3.26. The molecule has 1 N–H and O–H groups in total. The fourth-order valence-corrected chi connectivity index (χ4v) is 4.39. The maximum Gasteiger partial charge on any atom is 0.260 e. The molecule has 1 aliphatic rings. The summed E-state index contributed by atoms with van der Waals surface area (Å²) in [6.07, 6.45) is 0.748. The van der Waals surface area contributed by atoms with E-state index in [1.54, 1.807) is 17.0 Å². The maximum atomic E-state index is 12.9. The van der Waals surface area contributed by atoms with Crippen molar-refractivity contribution in [3.8, 4) is 17.6 Å². The fraction of sp³-hybridized carbons (Fsp3) is 0.273. The highest BCUT2D eigenvalue weighted by molar-refractivity contribution is 9.10. The largest absolute Gasteiger partial charge is 0.490 e. The van der Waals surface area contributed by atoms with Crippen LogP contribution in [0.4, 0.5) is 0 Å². The van der Waals surface area contributed by atoms with Gasteiger partial charge in [0.2, 0.25) is 0 Å². The molecule has 0 bridgehead atoms. The van der Waals surface area contributed by atoms with Crippen LogP contribution in [0.15, 0.2) is 34.8 Å². The first-order valence-electron chi connectivity index (χ1n) is 9.56. The van der Waals surface area contributed by atoms with E-state index < -0.39 is 0 Å². The van der Waals surface area contributed by atoms with Gasteiger partial charge in [0.05, 0.1) is 22.7 Å². The number of benzene rings is 2. The molecule has 1 aromatic heterocycles. The lowest BCUT2D eigenvalue weighted by atomic mass is 10.0. The number of halogens is 2. The molecule has 0 atom stereocenters. The third kappa shape index (κ3) is 3.98. The molecular formula is C22H19BrClN3O3. The lowest BCUT2D eigenvalue weighted by molar-refractivity contribution is -0.134. The van der Waals surface area contributed by atoms with Crippen molar-refractivity contribution in [1.29, 1.82) is 5.26 Å². The van der Waals surface area contributed by atoms with Gasteiger partial charge in [-0.3, -0.25) is 4.79 Å². The van der Waals surface area contributed by atoms with Gasteiger partial charge in [0.15, 0.2) is 18.1 Å². The zero-order valence-corrected chi connectivity index (χ0v) is 18.6. The minimum absolute atomic E-state index is 0.115. The quantitative estimate of drug-likeness (QED) is 0.559. The maximum absolute atomic E-state index is 12.9. The molecule has 0 fully saturated rings. The van der Waals surface area contributed by atoms with Crippen LogP contribution >= 0.6 is 27.5 Å². The van der Waals surface area contributed by atoms with Crippen LogP contribution in [0.25, 0.3) is 10.9 Å². The van der Waals surface area contributed by atoms with Crippen LogP contribution in [-0.2, 0) is 17.8 Å². The number of nitrogens with one attached hydrogen (secondary N) is 1. The Balaban J connectivity index is 1.50. The summed E-state index contributed by atoms with van der Waals surface area (Å²) in [7, 11) is 0. The Labute approximate surface area is 187 Å². The lowest BCUT2D eigenvalue weighted by Crippen LogP contribution is -2.38. The Morgan fingerprint density at radius 2 is 2.17 bits per heavy atom. The van der Waals surface area contributed by atoms with E-state index in [9.17, 15) is 4.79 Å². The second kappa shape index (κ2) is 8.58. The molecular weight excluding hydrogens is 470 g/mol. The Bertz CT molecular complexity index is 1170. The molecule has 0 saturated carbocycles. The fourth-order valence-electron chi connectivity index (χ4n) is 3.66. The first kappa shape index (κ1) is 20.6. The lowest BCUT2D eigenvalue weighted by Gasteiger charge is -2.27. The minimum Gasteiger partial charge on any atom is -0.490 e. The monoisotopic (exact) mass is 487 g/mol. The van der Waals surface area contributed by atoms with E-state index in [-0.39, 0.29) is 12.5 Å². The number of hydrogen-bond donors (Lipinski definition) is 1. The number of hydrogen-bond acceptors (Lipinski definition) is 4. The van der Waals surface area contributed by atoms with Gasteiger partial charge in [-0.25, -0.2) is 0 Å². The van der Waals surface area contributed by atoms with Crippen molar-refractivity contribution >= 4 is 44.3 Å². The highest BCUT2D eigenvalue weighted by Crippen LogP contribution is 2.37. The van der Waals surface area contributed by atoms with Gasteiger partial charge in [-0.15, -0.1) is 0 Å². The highest BCUT2D eigenvalue weighted by atomic mass is 79.9. The third-order valence-corrected chi connectivity index (χ3v) is 5.89. The van der Waals surface area contributed by atoms with Gasteiger partial charge in [0, 0.05) is 52.8 Å². The van der Waals surface area contributed by atoms with Crippen molar-refractivity contribution in [2.24, 2.45) is 0 Å².